The first kappa shape index (κ1) is 16.0. The van der Waals surface area contributed by atoms with E-state index in [1.807, 2.05) is 12.1 Å². The normalized spacial score (nSPS) is 37.7. The van der Waals surface area contributed by atoms with Gasteiger partial charge in [-0.25, -0.2) is 0 Å². The summed E-state index contributed by atoms with van der Waals surface area (Å²) in [6.45, 7) is 0. The van der Waals surface area contributed by atoms with Gasteiger partial charge >= 0.3 is 0 Å². The fourth-order valence-corrected chi connectivity index (χ4v) is 6.53. The zero-order valence-corrected chi connectivity index (χ0v) is 14.7. The van der Waals surface area contributed by atoms with E-state index in [4.69, 9.17) is 0 Å². The maximum absolute atomic E-state index is 11.0. The molecule has 2 aromatic rings. The summed E-state index contributed by atoms with van der Waals surface area (Å²) < 4.78 is 0. The Balaban J connectivity index is 1.59. The molecule has 0 spiro atoms. The minimum atomic E-state index is -0.335. The molecule has 0 saturated heterocycles. The molecular formula is C22H23NO3. The Labute approximate surface area is 153 Å². The third kappa shape index (κ3) is 2.18. The fraction of sp³-hybridized carbons (Fsp3) is 0.455. The smallest absolute Gasteiger partial charge is 0.269 e. The van der Waals surface area contributed by atoms with Crippen LogP contribution in [0.25, 0.3) is 0 Å². The van der Waals surface area contributed by atoms with Gasteiger partial charge in [0.2, 0.25) is 0 Å². The molecule has 0 aromatic heterocycles. The molecule has 4 fully saturated rings. The highest BCUT2D eigenvalue weighted by atomic mass is 16.6. The minimum absolute atomic E-state index is 0.0377. The third-order valence-electron chi connectivity index (χ3n) is 7.33. The fourth-order valence-electron chi connectivity index (χ4n) is 6.53. The molecule has 6 rings (SSSR count). The number of nitro groups is 1. The minimum Gasteiger partial charge on any atom is -0.393 e. The van der Waals surface area contributed by atoms with Gasteiger partial charge in [-0.05, 0) is 65.9 Å². The standard InChI is InChI=1S/C22H23NO3/c24-20-15-10-21(17-4-2-1-3-5-17)11-16(20)13-22(12-15,14-21)18-6-8-19(9-7-18)23(25)26/h1-9,15-16,20,24H,10-14H2/t15-,16+,20?,21?,22?. The third-order valence-corrected chi connectivity index (χ3v) is 7.33. The number of non-ortho nitro benzene ring substituents is 1. The molecule has 4 aliphatic rings. The lowest BCUT2D eigenvalue weighted by Crippen LogP contribution is -2.61. The van der Waals surface area contributed by atoms with Crippen molar-refractivity contribution >= 4 is 5.69 Å². The second kappa shape index (κ2) is 5.40. The lowest BCUT2D eigenvalue weighted by molar-refractivity contribution is -0.384. The van der Waals surface area contributed by atoms with Gasteiger partial charge in [-0.1, -0.05) is 42.5 Å². The average molecular weight is 349 g/mol. The van der Waals surface area contributed by atoms with E-state index in [9.17, 15) is 15.2 Å². The van der Waals surface area contributed by atoms with Gasteiger partial charge in [0.15, 0.2) is 0 Å². The Morgan fingerprint density at radius 2 is 1.35 bits per heavy atom. The first-order valence-corrected chi connectivity index (χ1v) is 9.50. The molecule has 2 aromatic carbocycles. The number of hydrogen-bond acceptors (Lipinski definition) is 3. The molecule has 134 valence electrons. The van der Waals surface area contributed by atoms with Crippen molar-refractivity contribution < 1.29 is 10.0 Å². The van der Waals surface area contributed by atoms with Gasteiger partial charge in [-0.15, -0.1) is 0 Å². The molecule has 1 N–H and O–H groups in total. The summed E-state index contributed by atoms with van der Waals surface area (Å²) in [6, 6.07) is 18.0. The number of nitro benzene ring substituents is 1. The summed E-state index contributed by atoms with van der Waals surface area (Å²) >= 11 is 0. The van der Waals surface area contributed by atoms with Crippen LogP contribution in [0.1, 0.15) is 43.2 Å². The molecule has 0 aliphatic heterocycles. The van der Waals surface area contributed by atoms with Gasteiger partial charge in [0.1, 0.15) is 0 Å². The highest BCUT2D eigenvalue weighted by molar-refractivity contribution is 5.41. The second-order valence-electron chi connectivity index (χ2n) is 8.73. The van der Waals surface area contributed by atoms with Crippen LogP contribution in [0.5, 0.6) is 0 Å². The van der Waals surface area contributed by atoms with Crippen LogP contribution in [0, 0.1) is 22.0 Å². The van der Waals surface area contributed by atoms with Crippen LogP contribution in [0.4, 0.5) is 5.69 Å². The Bertz CT molecular complexity index is 829. The Hall–Kier alpha value is -2.20. The Kier molecular flexibility index (Phi) is 3.32. The molecule has 3 unspecified atom stereocenters. The number of aliphatic hydroxyl groups is 1. The SMILES string of the molecule is O=[N+]([O-])c1ccc(C23C[C@H]4CC(c5ccccc5)(C[C@@H](C2)C4O)C3)cc1. The van der Waals surface area contributed by atoms with E-state index >= 15 is 0 Å². The molecule has 4 nitrogen and oxygen atoms in total. The first-order valence-electron chi connectivity index (χ1n) is 9.50. The molecule has 26 heavy (non-hydrogen) atoms. The van der Waals surface area contributed by atoms with E-state index in [0.717, 1.165) is 32.1 Å². The maximum Gasteiger partial charge on any atom is 0.269 e. The molecule has 4 heteroatoms. The van der Waals surface area contributed by atoms with Gasteiger partial charge in [-0.3, -0.25) is 10.1 Å². The summed E-state index contributed by atoms with van der Waals surface area (Å²) in [5, 5.41) is 21.8. The molecule has 0 radical (unpaired) electrons. The largest absolute Gasteiger partial charge is 0.393 e. The van der Waals surface area contributed by atoms with E-state index in [-0.39, 0.29) is 27.5 Å². The molecule has 0 heterocycles. The zero-order chi connectivity index (χ0) is 17.9. The lowest BCUT2D eigenvalue weighted by Gasteiger charge is -2.64. The number of aliphatic hydroxyl groups excluding tert-OH is 1. The van der Waals surface area contributed by atoms with E-state index < -0.39 is 0 Å². The van der Waals surface area contributed by atoms with Crippen molar-refractivity contribution in [1.29, 1.82) is 0 Å². The quantitative estimate of drug-likeness (QED) is 0.662. The van der Waals surface area contributed by atoms with Gasteiger partial charge in [0.05, 0.1) is 11.0 Å². The highest BCUT2D eigenvalue weighted by Crippen LogP contribution is 2.66. The van der Waals surface area contributed by atoms with Gasteiger partial charge in [0.25, 0.3) is 5.69 Å². The number of hydrogen-bond donors (Lipinski definition) is 1. The highest BCUT2D eigenvalue weighted by Gasteiger charge is 2.61. The van der Waals surface area contributed by atoms with Crippen molar-refractivity contribution in [3.05, 3.63) is 75.8 Å². The molecule has 5 atom stereocenters. The van der Waals surface area contributed by atoms with Gasteiger partial charge in [0, 0.05) is 12.1 Å². The van der Waals surface area contributed by atoms with Crippen LogP contribution in [0.3, 0.4) is 0 Å². The molecular weight excluding hydrogens is 326 g/mol. The Morgan fingerprint density at radius 1 is 0.846 bits per heavy atom. The van der Waals surface area contributed by atoms with Crippen molar-refractivity contribution in [1.82, 2.24) is 0 Å². The molecule has 4 saturated carbocycles. The van der Waals surface area contributed by atoms with Crippen LogP contribution >= 0.6 is 0 Å². The topological polar surface area (TPSA) is 63.4 Å². The maximum atomic E-state index is 11.0. The Morgan fingerprint density at radius 3 is 1.85 bits per heavy atom. The number of benzene rings is 2. The van der Waals surface area contributed by atoms with Crippen molar-refractivity contribution in [3.8, 4) is 0 Å². The number of nitrogens with zero attached hydrogens (tertiary/aromatic N) is 1. The second-order valence-corrected chi connectivity index (χ2v) is 8.73. The predicted molar refractivity (Wildman–Crippen MR) is 99.0 cm³/mol. The van der Waals surface area contributed by atoms with E-state index in [1.54, 1.807) is 12.1 Å². The van der Waals surface area contributed by atoms with E-state index in [2.05, 4.69) is 30.3 Å². The number of rotatable bonds is 3. The van der Waals surface area contributed by atoms with Crippen LogP contribution < -0.4 is 0 Å². The van der Waals surface area contributed by atoms with Crippen molar-refractivity contribution in [2.24, 2.45) is 11.8 Å². The van der Waals surface area contributed by atoms with Crippen LogP contribution in [0.2, 0.25) is 0 Å². The van der Waals surface area contributed by atoms with Gasteiger partial charge in [-0.2, -0.15) is 0 Å². The van der Waals surface area contributed by atoms with E-state index in [1.165, 1.54) is 11.1 Å². The van der Waals surface area contributed by atoms with Crippen LogP contribution in [0.15, 0.2) is 54.6 Å². The van der Waals surface area contributed by atoms with Crippen molar-refractivity contribution in [3.63, 3.8) is 0 Å². The lowest BCUT2D eigenvalue weighted by atomic mass is 9.41. The van der Waals surface area contributed by atoms with E-state index in [0.29, 0.717) is 11.8 Å². The van der Waals surface area contributed by atoms with Crippen molar-refractivity contribution in [2.45, 2.75) is 49.0 Å². The summed E-state index contributed by atoms with van der Waals surface area (Å²) in [5.41, 5.74) is 2.93. The zero-order valence-electron chi connectivity index (χ0n) is 14.7. The monoisotopic (exact) mass is 349 g/mol. The average Bonchev–Trinajstić information content (AvgIpc) is 2.66. The molecule has 4 aliphatic carbocycles. The first-order chi connectivity index (χ1) is 12.5. The van der Waals surface area contributed by atoms with Crippen LogP contribution in [-0.4, -0.2) is 16.1 Å². The van der Waals surface area contributed by atoms with Crippen LogP contribution in [-0.2, 0) is 10.8 Å². The van der Waals surface area contributed by atoms with Gasteiger partial charge < -0.3 is 5.11 Å². The summed E-state index contributed by atoms with van der Waals surface area (Å²) in [4.78, 5) is 10.7. The molecule has 4 bridgehead atoms. The predicted octanol–water partition coefficient (Wildman–Crippen LogP) is 4.36. The summed E-state index contributed by atoms with van der Waals surface area (Å²) in [7, 11) is 0. The van der Waals surface area contributed by atoms with Crippen molar-refractivity contribution in [2.75, 3.05) is 0 Å². The summed E-state index contributed by atoms with van der Waals surface area (Å²) in [5.74, 6) is 0.651. The summed E-state index contributed by atoms with van der Waals surface area (Å²) in [6.07, 6.45) is 5.00. The molecule has 0 amide bonds.